The average molecular weight is 341 g/mol. The number of aromatic nitrogens is 1. The van der Waals surface area contributed by atoms with E-state index in [1.807, 2.05) is 24.3 Å². The van der Waals surface area contributed by atoms with Gasteiger partial charge >= 0.3 is 0 Å². The number of anilines is 1. The Balaban J connectivity index is 1.65. The van der Waals surface area contributed by atoms with Gasteiger partial charge in [-0.15, -0.1) is 0 Å². The summed E-state index contributed by atoms with van der Waals surface area (Å²) in [6.45, 7) is 4.24. The normalized spacial score (nSPS) is 16.1. The maximum atomic E-state index is 12.4. The predicted molar refractivity (Wildman–Crippen MR) is 97.1 cm³/mol. The first kappa shape index (κ1) is 17.1. The summed E-state index contributed by atoms with van der Waals surface area (Å²) in [6.07, 6.45) is 1.52. The molecule has 1 amide bonds. The van der Waals surface area contributed by atoms with Crippen molar-refractivity contribution in [3.8, 4) is 5.75 Å². The molecule has 3 rings (SSSR count). The Labute approximate surface area is 147 Å². The minimum absolute atomic E-state index is 0.0387. The van der Waals surface area contributed by atoms with Crippen LogP contribution >= 0.6 is 0 Å². The van der Waals surface area contributed by atoms with E-state index in [-0.39, 0.29) is 24.1 Å². The molecule has 25 heavy (non-hydrogen) atoms. The molecule has 2 heterocycles. The van der Waals surface area contributed by atoms with Crippen LogP contribution < -0.4 is 15.2 Å². The van der Waals surface area contributed by atoms with E-state index in [1.54, 1.807) is 30.3 Å². The molecule has 6 nitrogen and oxygen atoms in total. The third kappa shape index (κ3) is 3.84. The Morgan fingerprint density at radius 1 is 1.24 bits per heavy atom. The van der Waals surface area contributed by atoms with Gasteiger partial charge in [0, 0.05) is 25.9 Å². The highest BCUT2D eigenvalue weighted by Gasteiger charge is 2.26. The SMILES string of the molecule is CCN1C[C@@H](CN(C)C(=O)Cn2ccccc2=O)Oc2ccccc21. The fourth-order valence-electron chi connectivity index (χ4n) is 3.04. The minimum atomic E-state index is -0.177. The van der Waals surface area contributed by atoms with Crippen LogP contribution in [0.15, 0.2) is 53.5 Å². The summed E-state index contributed by atoms with van der Waals surface area (Å²) in [4.78, 5) is 28.1. The fraction of sp³-hybridized carbons (Fsp3) is 0.368. The number of hydrogen-bond donors (Lipinski definition) is 0. The number of fused-ring (bicyclic) bond motifs is 1. The number of carbonyl (C=O) groups excluding carboxylic acids is 1. The van der Waals surface area contributed by atoms with E-state index >= 15 is 0 Å². The van der Waals surface area contributed by atoms with E-state index in [4.69, 9.17) is 4.74 Å². The highest BCUT2D eigenvalue weighted by molar-refractivity contribution is 5.75. The van der Waals surface area contributed by atoms with Crippen molar-refractivity contribution >= 4 is 11.6 Å². The van der Waals surface area contributed by atoms with E-state index in [2.05, 4.69) is 11.8 Å². The minimum Gasteiger partial charge on any atom is -0.485 e. The zero-order valence-electron chi connectivity index (χ0n) is 14.6. The molecule has 0 saturated carbocycles. The van der Waals surface area contributed by atoms with Crippen molar-refractivity contribution in [3.63, 3.8) is 0 Å². The van der Waals surface area contributed by atoms with Gasteiger partial charge in [-0.05, 0) is 25.1 Å². The maximum absolute atomic E-state index is 12.4. The number of benzene rings is 1. The van der Waals surface area contributed by atoms with Crippen molar-refractivity contribution in [2.75, 3.05) is 31.6 Å². The van der Waals surface area contributed by atoms with Gasteiger partial charge in [0.1, 0.15) is 18.4 Å². The highest BCUT2D eigenvalue weighted by Crippen LogP contribution is 2.32. The van der Waals surface area contributed by atoms with Crippen LogP contribution in [0.4, 0.5) is 5.69 Å². The molecule has 6 heteroatoms. The molecule has 1 aromatic heterocycles. The van der Waals surface area contributed by atoms with Crippen molar-refractivity contribution in [2.24, 2.45) is 0 Å². The summed E-state index contributed by atoms with van der Waals surface area (Å²) in [7, 11) is 1.75. The van der Waals surface area contributed by atoms with Crippen LogP contribution in [0.2, 0.25) is 0 Å². The van der Waals surface area contributed by atoms with Crippen molar-refractivity contribution in [1.29, 1.82) is 0 Å². The molecule has 1 atom stereocenters. The van der Waals surface area contributed by atoms with Gasteiger partial charge in [0.05, 0.1) is 18.8 Å². The number of nitrogens with zero attached hydrogens (tertiary/aromatic N) is 3. The first-order chi connectivity index (χ1) is 12.1. The van der Waals surface area contributed by atoms with E-state index < -0.39 is 0 Å². The van der Waals surface area contributed by atoms with E-state index in [0.717, 1.165) is 24.5 Å². The van der Waals surface area contributed by atoms with Gasteiger partial charge < -0.3 is 19.1 Å². The lowest BCUT2D eigenvalue weighted by Gasteiger charge is -2.37. The molecule has 1 aromatic carbocycles. The largest absolute Gasteiger partial charge is 0.485 e. The highest BCUT2D eigenvalue weighted by atomic mass is 16.5. The Bertz CT molecular complexity index is 802. The molecule has 0 unspecified atom stereocenters. The Morgan fingerprint density at radius 3 is 2.76 bits per heavy atom. The Kier molecular flexibility index (Phi) is 5.07. The van der Waals surface area contributed by atoms with Crippen LogP contribution in [-0.2, 0) is 11.3 Å². The number of pyridine rings is 1. The van der Waals surface area contributed by atoms with Crippen LogP contribution in [0.3, 0.4) is 0 Å². The van der Waals surface area contributed by atoms with Crippen LogP contribution in [0.1, 0.15) is 6.92 Å². The van der Waals surface area contributed by atoms with Crippen LogP contribution in [-0.4, -0.2) is 48.2 Å². The lowest BCUT2D eigenvalue weighted by molar-refractivity contribution is -0.131. The molecule has 0 spiro atoms. The number of amides is 1. The number of rotatable bonds is 5. The number of carbonyl (C=O) groups is 1. The van der Waals surface area contributed by atoms with Crippen LogP contribution in [0.25, 0.3) is 0 Å². The molecule has 0 N–H and O–H groups in total. The summed E-state index contributed by atoms with van der Waals surface area (Å²) < 4.78 is 7.47. The lowest BCUT2D eigenvalue weighted by Crippen LogP contribution is -2.47. The van der Waals surface area contributed by atoms with Crippen molar-refractivity contribution < 1.29 is 9.53 Å². The van der Waals surface area contributed by atoms with Gasteiger partial charge in [0.2, 0.25) is 5.91 Å². The monoisotopic (exact) mass is 341 g/mol. The average Bonchev–Trinajstić information content (AvgIpc) is 2.62. The molecule has 0 saturated heterocycles. The van der Waals surface area contributed by atoms with Gasteiger partial charge in [-0.1, -0.05) is 18.2 Å². The molecular weight excluding hydrogens is 318 g/mol. The van der Waals surface area contributed by atoms with Crippen molar-refractivity contribution in [1.82, 2.24) is 9.47 Å². The Morgan fingerprint density at radius 2 is 2.00 bits per heavy atom. The summed E-state index contributed by atoms with van der Waals surface area (Å²) in [5, 5.41) is 0. The zero-order chi connectivity index (χ0) is 17.8. The second-order valence-corrected chi connectivity index (χ2v) is 6.19. The number of ether oxygens (including phenoxy) is 1. The summed E-state index contributed by atoms with van der Waals surface area (Å²) in [6, 6.07) is 12.8. The molecule has 1 aliphatic rings. The van der Waals surface area contributed by atoms with Crippen LogP contribution in [0.5, 0.6) is 5.75 Å². The second-order valence-electron chi connectivity index (χ2n) is 6.19. The molecule has 1 aliphatic heterocycles. The number of hydrogen-bond acceptors (Lipinski definition) is 4. The van der Waals surface area contributed by atoms with Gasteiger partial charge in [0.25, 0.3) is 5.56 Å². The van der Waals surface area contributed by atoms with Gasteiger partial charge in [-0.3, -0.25) is 9.59 Å². The first-order valence-electron chi connectivity index (χ1n) is 8.48. The third-order valence-electron chi connectivity index (χ3n) is 4.41. The fourth-order valence-corrected chi connectivity index (χ4v) is 3.04. The van der Waals surface area contributed by atoms with Gasteiger partial charge in [-0.2, -0.15) is 0 Å². The molecule has 0 aliphatic carbocycles. The maximum Gasteiger partial charge on any atom is 0.250 e. The van der Waals surface area contributed by atoms with E-state index in [9.17, 15) is 9.59 Å². The van der Waals surface area contributed by atoms with Gasteiger partial charge in [-0.25, -0.2) is 0 Å². The topological polar surface area (TPSA) is 54.8 Å². The Hall–Kier alpha value is -2.76. The number of para-hydroxylation sites is 2. The van der Waals surface area contributed by atoms with E-state index in [0.29, 0.717) is 6.54 Å². The molecule has 2 aromatic rings. The molecular formula is C19H23N3O3. The van der Waals surface area contributed by atoms with Gasteiger partial charge in [0.15, 0.2) is 0 Å². The summed E-state index contributed by atoms with van der Waals surface area (Å²) in [5.41, 5.74) is 0.912. The first-order valence-corrected chi connectivity index (χ1v) is 8.48. The zero-order valence-corrected chi connectivity index (χ0v) is 14.6. The smallest absolute Gasteiger partial charge is 0.250 e. The standard InChI is InChI=1S/C19H23N3O3/c1-3-21-13-15(25-17-9-5-4-8-16(17)21)12-20(2)19(24)14-22-11-7-6-10-18(22)23/h4-11,15H,3,12-14H2,1-2H3/t15-/m1/s1. The third-order valence-corrected chi connectivity index (χ3v) is 4.41. The second kappa shape index (κ2) is 7.42. The number of likely N-dealkylation sites (N-methyl/N-ethyl adjacent to an activating group) is 2. The van der Waals surface area contributed by atoms with Crippen molar-refractivity contribution in [3.05, 3.63) is 59.0 Å². The summed E-state index contributed by atoms with van der Waals surface area (Å²) in [5.74, 6) is 0.736. The molecule has 0 radical (unpaired) electrons. The predicted octanol–water partition coefficient (Wildman–Crippen LogP) is 1.59. The molecule has 0 fully saturated rings. The van der Waals surface area contributed by atoms with E-state index in [1.165, 1.54) is 10.6 Å². The lowest BCUT2D eigenvalue weighted by atomic mass is 10.2. The quantitative estimate of drug-likeness (QED) is 0.829. The summed E-state index contributed by atoms with van der Waals surface area (Å²) >= 11 is 0. The van der Waals surface area contributed by atoms with Crippen molar-refractivity contribution in [2.45, 2.75) is 19.6 Å². The van der Waals surface area contributed by atoms with Crippen LogP contribution in [0, 0.1) is 0 Å². The molecule has 0 bridgehead atoms. The molecule has 132 valence electrons.